The summed E-state index contributed by atoms with van der Waals surface area (Å²) in [6.07, 6.45) is 4.62. The van der Waals surface area contributed by atoms with Crippen LogP contribution >= 0.6 is 0 Å². The van der Waals surface area contributed by atoms with Crippen molar-refractivity contribution in [2.75, 3.05) is 11.4 Å². The minimum Gasteiger partial charge on any atom is -0.488 e. The molecule has 5 rings (SSSR count). The molecule has 2 aliphatic heterocycles. The molecule has 3 aromatic rings. The number of nitrogens with zero attached hydrogens (tertiary/aromatic N) is 4. The van der Waals surface area contributed by atoms with Gasteiger partial charge in [0.25, 0.3) is 5.56 Å². The molecule has 1 unspecified atom stereocenters. The van der Waals surface area contributed by atoms with Crippen molar-refractivity contribution >= 4 is 5.95 Å². The highest BCUT2D eigenvalue weighted by molar-refractivity contribution is 5.56. The molecule has 0 saturated carbocycles. The molecule has 0 spiro atoms. The Morgan fingerprint density at radius 1 is 1.13 bits per heavy atom. The van der Waals surface area contributed by atoms with Gasteiger partial charge in [0.15, 0.2) is 0 Å². The molecule has 2 aliphatic rings. The normalized spacial score (nSPS) is 19.5. The van der Waals surface area contributed by atoms with Crippen molar-refractivity contribution in [3.8, 4) is 17.1 Å². The first-order valence-corrected chi connectivity index (χ1v) is 10.6. The summed E-state index contributed by atoms with van der Waals surface area (Å²) in [5.41, 5.74) is 2.44. The predicted octanol–water partition coefficient (Wildman–Crippen LogP) is 3.69. The highest BCUT2D eigenvalue weighted by atomic mass is 16.5. The van der Waals surface area contributed by atoms with Crippen LogP contribution in [0.2, 0.25) is 0 Å². The maximum Gasteiger partial charge on any atom is 0.255 e. The summed E-state index contributed by atoms with van der Waals surface area (Å²) in [5.74, 6) is 1.68. The molecular formula is C24H26N4O2. The van der Waals surface area contributed by atoms with Crippen LogP contribution in [0.25, 0.3) is 11.4 Å². The molecule has 30 heavy (non-hydrogen) atoms. The molecule has 0 amide bonds. The number of pyridine rings is 1. The summed E-state index contributed by atoms with van der Waals surface area (Å²) in [7, 11) is 0. The van der Waals surface area contributed by atoms with Gasteiger partial charge in [-0.05, 0) is 56.9 Å². The van der Waals surface area contributed by atoms with Gasteiger partial charge in [0.2, 0.25) is 5.95 Å². The number of aromatic nitrogens is 3. The summed E-state index contributed by atoms with van der Waals surface area (Å²) >= 11 is 0. The minimum absolute atomic E-state index is 0.0314. The third-order valence-corrected chi connectivity index (χ3v) is 6.22. The maximum atomic E-state index is 12.9. The number of rotatable bonds is 3. The molecule has 2 aromatic heterocycles. The Labute approximate surface area is 176 Å². The lowest BCUT2D eigenvalue weighted by Crippen LogP contribution is -2.55. The van der Waals surface area contributed by atoms with Crippen LogP contribution in [0, 0.1) is 0 Å². The van der Waals surface area contributed by atoms with Gasteiger partial charge in [0.05, 0.1) is 17.9 Å². The van der Waals surface area contributed by atoms with Crippen molar-refractivity contribution in [3.05, 3.63) is 70.6 Å². The monoisotopic (exact) mass is 402 g/mol. The third kappa shape index (κ3) is 3.36. The molecule has 0 aliphatic carbocycles. The van der Waals surface area contributed by atoms with Crippen LogP contribution in [0.4, 0.5) is 5.95 Å². The molecule has 6 heteroatoms. The third-order valence-electron chi connectivity index (χ3n) is 6.22. The van der Waals surface area contributed by atoms with Crippen molar-refractivity contribution in [2.24, 2.45) is 0 Å². The van der Waals surface area contributed by atoms with Crippen molar-refractivity contribution in [1.29, 1.82) is 0 Å². The van der Waals surface area contributed by atoms with E-state index in [9.17, 15) is 4.79 Å². The van der Waals surface area contributed by atoms with E-state index >= 15 is 0 Å². The summed E-state index contributed by atoms with van der Waals surface area (Å²) in [6, 6.07) is 15.5. The van der Waals surface area contributed by atoms with E-state index in [-0.39, 0.29) is 17.2 Å². The Hall–Kier alpha value is -3.15. The average molecular weight is 402 g/mol. The number of hydrogen-bond donors (Lipinski definition) is 0. The zero-order chi connectivity index (χ0) is 20.7. The Balaban J connectivity index is 1.51. The fourth-order valence-electron chi connectivity index (χ4n) is 4.39. The molecule has 154 valence electrons. The van der Waals surface area contributed by atoms with E-state index in [1.807, 2.05) is 30.3 Å². The van der Waals surface area contributed by atoms with E-state index in [1.165, 1.54) is 5.56 Å². The molecular weight excluding hydrogens is 376 g/mol. The van der Waals surface area contributed by atoms with Gasteiger partial charge in [-0.15, -0.1) is 0 Å². The van der Waals surface area contributed by atoms with E-state index in [1.54, 1.807) is 16.8 Å². The number of benzene rings is 1. The summed E-state index contributed by atoms with van der Waals surface area (Å²) in [6.45, 7) is 5.79. The van der Waals surface area contributed by atoms with E-state index in [2.05, 4.69) is 35.9 Å². The number of fused-ring (bicyclic) bond motifs is 2. The van der Waals surface area contributed by atoms with Gasteiger partial charge in [-0.25, -0.2) is 4.98 Å². The van der Waals surface area contributed by atoms with Crippen LogP contribution in [-0.4, -0.2) is 32.7 Å². The zero-order valence-electron chi connectivity index (χ0n) is 17.4. The average Bonchev–Trinajstić information content (AvgIpc) is 2.76. The van der Waals surface area contributed by atoms with Crippen LogP contribution in [0.5, 0.6) is 5.75 Å². The SMILES string of the molecule is CC1(C)CCn2c(nc(-c3ccccn3)cc2=O)N1CC1CCc2ccccc2O1. The fraction of sp³-hybridized carbons (Fsp3) is 0.375. The standard InChI is InChI=1S/C24H26N4O2/c1-24(2)12-14-27-22(29)15-20(19-8-5-6-13-25-19)26-23(27)28(24)16-18-11-10-17-7-3-4-9-21(17)30-18/h3-9,13,15,18H,10-12,14,16H2,1-2H3. The van der Waals surface area contributed by atoms with Crippen LogP contribution in [0.3, 0.4) is 0 Å². The van der Waals surface area contributed by atoms with E-state index in [0.717, 1.165) is 25.0 Å². The Bertz CT molecular complexity index is 1120. The number of ether oxygens (including phenoxy) is 1. The largest absolute Gasteiger partial charge is 0.488 e. The molecule has 6 nitrogen and oxygen atoms in total. The zero-order valence-corrected chi connectivity index (χ0v) is 17.4. The van der Waals surface area contributed by atoms with Crippen LogP contribution < -0.4 is 15.2 Å². The van der Waals surface area contributed by atoms with Crippen molar-refractivity contribution in [2.45, 2.75) is 51.3 Å². The molecule has 1 aromatic carbocycles. The van der Waals surface area contributed by atoms with Crippen molar-refractivity contribution in [3.63, 3.8) is 0 Å². The van der Waals surface area contributed by atoms with E-state index in [4.69, 9.17) is 9.72 Å². The highest BCUT2D eigenvalue weighted by Crippen LogP contribution is 2.34. The van der Waals surface area contributed by atoms with Crippen molar-refractivity contribution in [1.82, 2.24) is 14.5 Å². The number of anilines is 1. The minimum atomic E-state index is -0.123. The summed E-state index contributed by atoms with van der Waals surface area (Å²) in [4.78, 5) is 24.4. The first-order valence-electron chi connectivity index (χ1n) is 10.6. The van der Waals surface area contributed by atoms with E-state index < -0.39 is 0 Å². The van der Waals surface area contributed by atoms with Crippen LogP contribution in [-0.2, 0) is 13.0 Å². The summed E-state index contributed by atoms with van der Waals surface area (Å²) < 4.78 is 8.11. The van der Waals surface area contributed by atoms with Gasteiger partial charge in [0, 0.05) is 24.3 Å². The smallest absolute Gasteiger partial charge is 0.255 e. The van der Waals surface area contributed by atoms with Crippen LogP contribution in [0.15, 0.2) is 59.5 Å². The van der Waals surface area contributed by atoms with Gasteiger partial charge in [0.1, 0.15) is 11.9 Å². The lowest BCUT2D eigenvalue weighted by Gasteiger charge is -2.46. The molecule has 0 N–H and O–H groups in total. The summed E-state index contributed by atoms with van der Waals surface area (Å²) in [5, 5.41) is 0. The molecule has 4 heterocycles. The van der Waals surface area contributed by atoms with Crippen molar-refractivity contribution < 1.29 is 4.74 Å². The Kier molecular flexibility index (Phi) is 4.57. The molecule has 0 saturated heterocycles. The molecule has 0 radical (unpaired) electrons. The van der Waals surface area contributed by atoms with E-state index in [0.29, 0.717) is 30.4 Å². The lowest BCUT2D eigenvalue weighted by atomic mass is 9.94. The second-order valence-electron chi connectivity index (χ2n) is 8.71. The van der Waals surface area contributed by atoms with Crippen LogP contribution in [0.1, 0.15) is 32.3 Å². The Morgan fingerprint density at radius 3 is 2.80 bits per heavy atom. The predicted molar refractivity (Wildman–Crippen MR) is 117 cm³/mol. The highest BCUT2D eigenvalue weighted by Gasteiger charge is 2.37. The van der Waals surface area contributed by atoms with Gasteiger partial charge in [-0.3, -0.25) is 14.3 Å². The van der Waals surface area contributed by atoms with Gasteiger partial charge in [-0.1, -0.05) is 24.3 Å². The molecule has 0 bridgehead atoms. The number of aryl methyl sites for hydroxylation is 1. The molecule has 0 fully saturated rings. The second-order valence-corrected chi connectivity index (χ2v) is 8.71. The number of para-hydroxylation sites is 1. The molecule has 1 atom stereocenters. The number of hydrogen-bond acceptors (Lipinski definition) is 5. The first kappa shape index (κ1) is 18.9. The first-order chi connectivity index (χ1) is 14.5. The lowest BCUT2D eigenvalue weighted by molar-refractivity contribution is 0.165. The Morgan fingerprint density at radius 2 is 1.97 bits per heavy atom. The van der Waals surface area contributed by atoms with Gasteiger partial charge < -0.3 is 9.64 Å². The maximum absolute atomic E-state index is 12.9. The fourth-order valence-corrected chi connectivity index (χ4v) is 4.39. The van der Waals surface area contributed by atoms with Gasteiger partial charge >= 0.3 is 0 Å². The second kappa shape index (κ2) is 7.27. The quantitative estimate of drug-likeness (QED) is 0.669. The topological polar surface area (TPSA) is 60.2 Å². The van der Waals surface area contributed by atoms with Gasteiger partial charge in [-0.2, -0.15) is 0 Å².